The van der Waals surface area contributed by atoms with Gasteiger partial charge in [0.05, 0.1) is 14.4 Å². The highest BCUT2D eigenvalue weighted by molar-refractivity contribution is 9.11. The van der Waals surface area contributed by atoms with Gasteiger partial charge in [0.15, 0.2) is 0 Å². The van der Waals surface area contributed by atoms with Crippen LogP contribution in [0.5, 0.6) is 0 Å². The summed E-state index contributed by atoms with van der Waals surface area (Å²) in [5.41, 5.74) is 5.11. The molecule has 0 saturated heterocycles. The highest BCUT2D eigenvalue weighted by Crippen LogP contribution is 2.21. The van der Waals surface area contributed by atoms with Crippen LogP contribution in [0.1, 0.15) is 25.9 Å². The molecule has 0 unspecified atom stereocenters. The molecular formula is C10H8BrN3O3S. The Balaban J connectivity index is 1.92. The summed E-state index contributed by atoms with van der Waals surface area (Å²) in [5.74, 6) is -0.907. The molecule has 0 aliphatic rings. The van der Waals surface area contributed by atoms with Crippen molar-refractivity contribution >= 4 is 39.1 Å². The number of carbonyl (C=O) groups is 2. The van der Waals surface area contributed by atoms with Gasteiger partial charge in [-0.25, -0.2) is 0 Å². The standard InChI is InChI=1S/C10H8BrN3O3S/c1-5-4-6(17-14-5)9(15)12-13-10(16)7-2-3-8(11)18-7/h2-4H,1H3,(H,12,15)(H,13,16). The van der Waals surface area contributed by atoms with Crippen LogP contribution in [0.15, 0.2) is 26.5 Å². The van der Waals surface area contributed by atoms with Crippen molar-refractivity contribution in [2.75, 3.05) is 0 Å². The van der Waals surface area contributed by atoms with Crippen molar-refractivity contribution in [2.45, 2.75) is 6.92 Å². The van der Waals surface area contributed by atoms with Crippen LogP contribution in [0.4, 0.5) is 0 Å². The Bertz CT molecular complexity index is 540. The molecule has 0 bridgehead atoms. The number of nitrogens with one attached hydrogen (secondary N) is 2. The van der Waals surface area contributed by atoms with Gasteiger partial charge >= 0.3 is 5.91 Å². The first-order valence-electron chi connectivity index (χ1n) is 4.85. The number of hydrogen-bond acceptors (Lipinski definition) is 5. The first-order chi connectivity index (χ1) is 8.56. The maximum absolute atomic E-state index is 11.6. The minimum atomic E-state index is -0.556. The molecule has 0 aliphatic heterocycles. The van der Waals surface area contributed by atoms with Crippen LogP contribution in [0, 0.1) is 6.92 Å². The SMILES string of the molecule is Cc1cc(C(=O)NNC(=O)c2ccc(Br)s2)on1. The molecule has 0 atom stereocenters. The number of hydrogen-bond donors (Lipinski definition) is 2. The normalized spacial score (nSPS) is 10.1. The zero-order valence-corrected chi connectivity index (χ0v) is 11.6. The van der Waals surface area contributed by atoms with Gasteiger partial charge in [-0.05, 0) is 35.0 Å². The molecule has 0 fully saturated rings. The third kappa shape index (κ3) is 2.96. The zero-order valence-electron chi connectivity index (χ0n) is 9.19. The number of amides is 2. The molecular weight excluding hydrogens is 322 g/mol. The Hall–Kier alpha value is -1.67. The van der Waals surface area contributed by atoms with E-state index in [2.05, 4.69) is 31.9 Å². The lowest BCUT2D eigenvalue weighted by molar-refractivity contribution is 0.0827. The van der Waals surface area contributed by atoms with E-state index in [1.807, 2.05) is 0 Å². The van der Waals surface area contributed by atoms with Crippen LogP contribution in [-0.4, -0.2) is 17.0 Å². The van der Waals surface area contributed by atoms with E-state index < -0.39 is 11.8 Å². The van der Waals surface area contributed by atoms with Gasteiger partial charge in [-0.2, -0.15) is 0 Å². The molecule has 2 rings (SSSR count). The van der Waals surface area contributed by atoms with Crippen LogP contribution in [0.2, 0.25) is 0 Å². The van der Waals surface area contributed by atoms with E-state index in [0.29, 0.717) is 10.6 Å². The van der Waals surface area contributed by atoms with E-state index in [-0.39, 0.29) is 5.76 Å². The fraction of sp³-hybridized carbons (Fsp3) is 0.100. The number of hydrazine groups is 1. The second-order valence-electron chi connectivity index (χ2n) is 3.34. The second-order valence-corrected chi connectivity index (χ2v) is 5.81. The number of thiophene rings is 1. The first kappa shape index (κ1) is 12.8. The monoisotopic (exact) mass is 329 g/mol. The van der Waals surface area contributed by atoms with E-state index >= 15 is 0 Å². The molecule has 2 aromatic heterocycles. The van der Waals surface area contributed by atoms with Crippen LogP contribution >= 0.6 is 27.3 Å². The highest BCUT2D eigenvalue weighted by atomic mass is 79.9. The molecule has 8 heteroatoms. The molecule has 0 radical (unpaired) electrons. The molecule has 18 heavy (non-hydrogen) atoms. The van der Waals surface area contributed by atoms with Crippen LogP contribution in [0.25, 0.3) is 0 Å². The summed E-state index contributed by atoms with van der Waals surface area (Å²) < 4.78 is 5.59. The lowest BCUT2D eigenvalue weighted by atomic mass is 10.4. The van der Waals surface area contributed by atoms with Gasteiger partial charge in [0, 0.05) is 6.07 Å². The minimum Gasteiger partial charge on any atom is -0.351 e. The predicted molar refractivity (Wildman–Crippen MR) is 68.2 cm³/mol. The smallest absolute Gasteiger partial charge is 0.308 e. The Kier molecular flexibility index (Phi) is 3.78. The van der Waals surface area contributed by atoms with Gasteiger partial charge in [0.2, 0.25) is 5.76 Å². The largest absolute Gasteiger partial charge is 0.351 e. The van der Waals surface area contributed by atoms with E-state index in [1.54, 1.807) is 19.1 Å². The second kappa shape index (κ2) is 5.32. The maximum Gasteiger partial charge on any atom is 0.308 e. The third-order valence-electron chi connectivity index (χ3n) is 1.94. The number of carbonyl (C=O) groups excluding carboxylic acids is 2. The van der Waals surface area contributed by atoms with Crippen molar-refractivity contribution in [3.63, 3.8) is 0 Å². The summed E-state index contributed by atoms with van der Waals surface area (Å²) >= 11 is 4.51. The molecule has 2 heterocycles. The summed E-state index contributed by atoms with van der Waals surface area (Å²) in [6.45, 7) is 1.70. The fourth-order valence-electron chi connectivity index (χ4n) is 1.14. The van der Waals surface area contributed by atoms with Crippen molar-refractivity contribution in [1.82, 2.24) is 16.0 Å². The van der Waals surface area contributed by atoms with Gasteiger partial charge in [0.1, 0.15) is 0 Å². The topological polar surface area (TPSA) is 84.2 Å². The van der Waals surface area contributed by atoms with Gasteiger partial charge in [-0.1, -0.05) is 5.16 Å². The summed E-state index contributed by atoms with van der Waals surface area (Å²) in [5, 5.41) is 3.57. The molecule has 6 nitrogen and oxygen atoms in total. The molecule has 0 spiro atoms. The van der Waals surface area contributed by atoms with Crippen molar-refractivity contribution in [1.29, 1.82) is 0 Å². The average Bonchev–Trinajstić information content (AvgIpc) is 2.94. The number of nitrogens with zero attached hydrogens (tertiary/aromatic N) is 1. The third-order valence-corrected chi connectivity index (χ3v) is 3.56. The zero-order chi connectivity index (χ0) is 13.1. The first-order valence-corrected chi connectivity index (χ1v) is 6.46. The lowest BCUT2D eigenvalue weighted by Gasteiger charge is -2.03. The fourth-order valence-corrected chi connectivity index (χ4v) is 2.42. The van der Waals surface area contributed by atoms with Crippen LogP contribution < -0.4 is 10.9 Å². The number of aromatic nitrogens is 1. The lowest BCUT2D eigenvalue weighted by Crippen LogP contribution is -2.41. The molecule has 0 aliphatic carbocycles. The number of aryl methyl sites for hydroxylation is 1. The Labute approximate surface area is 114 Å². The van der Waals surface area contributed by atoms with Gasteiger partial charge < -0.3 is 4.52 Å². The number of halogens is 1. The average molecular weight is 330 g/mol. The predicted octanol–water partition coefficient (Wildman–Crippen LogP) is 1.88. The summed E-state index contributed by atoms with van der Waals surface area (Å²) in [7, 11) is 0. The Morgan fingerprint density at radius 2 is 2.06 bits per heavy atom. The Morgan fingerprint density at radius 3 is 2.61 bits per heavy atom. The van der Waals surface area contributed by atoms with Crippen molar-refractivity contribution in [3.8, 4) is 0 Å². The van der Waals surface area contributed by atoms with E-state index in [9.17, 15) is 9.59 Å². The van der Waals surface area contributed by atoms with E-state index in [4.69, 9.17) is 4.52 Å². The summed E-state index contributed by atoms with van der Waals surface area (Å²) in [4.78, 5) is 23.6. The molecule has 2 amide bonds. The van der Waals surface area contributed by atoms with Crippen molar-refractivity contribution in [2.24, 2.45) is 0 Å². The van der Waals surface area contributed by atoms with Crippen LogP contribution in [-0.2, 0) is 0 Å². The summed E-state index contributed by atoms with van der Waals surface area (Å²) in [6.07, 6.45) is 0. The highest BCUT2D eigenvalue weighted by Gasteiger charge is 2.13. The van der Waals surface area contributed by atoms with Crippen molar-refractivity contribution < 1.29 is 14.1 Å². The minimum absolute atomic E-state index is 0.0418. The van der Waals surface area contributed by atoms with Crippen molar-refractivity contribution in [3.05, 3.63) is 38.3 Å². The quantitative estimate of drug-likeness (QED) is 0.824. The van der Waals surface area contributed by atoms with E-state index in [1.165, 1.54) is 17.4 Å². The maximum atomic E-state index is 11.6. The van der Waals surface area contributed by atoms with Gasteiger partial charge in [-0.15, -0.1) is 11.3 Å². The molecule has 94 valence electrons. The molecule has 2 N–H and O–H groups in total. The molecule has 2 aromatic rings. The van der Waals surface area contributed by atoms with Crippen LogP contribution in [0.3, 0.4) is 0 Å². The summed E-state index contributed by atoms with van der Waals surface area (Å²) in [6, 6.07) is 4.87. The van der Waals surface area contributed by atoms with Gasteiger partial charge in [-0.3, -0.25) is 20.4 Å². The molecule has 0 aromatic carbocycles. The van der Waals surface area contributed by atoms with E-state index in [0.717, 1.165) is 3.79 Å². The molecule has 0 saturated carbocycles. The Morgan fingerprint density at radius 1 is 1.33 bits per heavy atom. The van der Waals surface area contributed by atoms with Gasteiger partial charge in [0.25, 0.3) is 5.91 Å². The number of rotatable bonds is 2.